The number of nitrogens with zero attached hydrogens (tertiary/aromatic N) is 2. The van der Waals surface area contributed by atoms with Gasteiger partial charge in [-0.2, -0.15) is 5.10 Å². The molecule has 0 aliphatic rings. The van der Waals surface area contributed by atoms with Crippen molar-refractivity contribution in [1.82, 2.24) is 15.1 Å². The molecule has 1 N–H and O–H groups in total. The van der Waals surface area contributed by atoms with E-state index in [9.17, 15) is 0 Å². The Balaban J connectivity index is 2.76. The van der Waals surface area contributed by atoms with Crippen LogP contribution in [0.3, 0.4) is 0 Å². The SMILES string of the molecule is CCNC(CC)C(C)Cc1c(Cl)c(C)nn1C. The van der Waals surface area contributed by atoms with Crippen LogP contribution in [-0.4, -0.2) is 22.4 Å². The van der Waals surface area contributed by atoms with Crippen LogP contribution in [0.2, 0.25) is 5.02 Å². The fourth-order valence-electron chi connectivity index (χ4n) is 2.36. The molecule has 1 heterocycles. The predicted molar refractivity (Wildman–Crippen MR) is 73.6 cm³/mol. The molecule has 3 nitrogen and oxygen atoms in total. The van der Waals surface area contributed by atoms with Gasteiger partial charge in [-0.15, -0.1) is 0 Å². The second kappa shape index (κ2) is 6.41. The summed E-state index contributed by atoms with van der Waals surface area (Å²) in [6, 6.07) is 0.547. The predicted octanol–water partition coefficient (Wildman–Crippen LogP) is 2.95. The molecule has 17 heavy (non-hydrogen) atoms. The van der Waals surface area contributed by atoms with Gasteiger partial charge in [0.15, 0.2) is 0 Å². The molecule has 0 fully saturated rings. The Morgan fingerprint density at radius 1 is 1.41 bits per heavy atom. The summed E-state index contributed by atoms with van der Waals surface area (Å²) in [4.78, 5) is 0. The van der Waals surface area contributed by atoms with Crippen molar-refractivity contribution >= 4 is 11.6 Å². The summed E-state index contributed by atoms with van der Waals surface area (Å²) in [6.45, 7) is 9.62. The molecule has 1 aromatic rings. The first kappa shape index (κ1) is 14.5. The van der Waals surface area contributed by atoms with Gasteiger partial charge in [0, 0.05) is 13.1 Å². The van der Waals surface area contributed by atoms with E-state index in [1.165, 1.54) is 0 Å². The molecule has 0 bridgehead atoms. The van der Waals surface area contributed by atoms with Crippen molar-refractivity contribution in [1.29, 1.82) is 0 Å². The van der Waals surface area contributed by atoms with Crippen molar-refractivity contribution in [2.75, 3.05) is 6.54 Å². The van der Waals surface area contributed by atoms with Gasteiger partial charge in [0.2, 0.25) is 0 Å². The van der Waals surface area contributed by atoms with Crippen molar-refractivity contribution in [2.24, 2.45) is 13.0 Å². The molecule has 0 saturated heterocycles. The van der Waals surface area contributed by atoms with E-state index in [0.29, 0.717) is 12.0 Å². The van der Waals surface area contributed by atoms with Crippen LogP contribution in [0.5, 0.6) is 0 Å². The second-order valence-corrected chi connectivity index (χ2v) is 5.10. The van der Waals surface area contributed by atoms with Crippen LogP contribution in [0.25, 0.3) is 0 Å². The Kier molecular flexibility index (Phi) is 5.47. The molecular formula is C13H24ClN3. The van der Waals surface area contributed by atoms with Crippen LogP contribution in [0, 0.1) is 12.8 Å². The van der Waals surface area contributed by atoms with Crippen molar-refractivity contribution in [2.45, 2.75) is 46.6 Å². The Labute approximate surface area is 110 Å². The molecule has 0 aliphatic heterocycles. The fraction of sp³-hybridized carbons (Fsp3) is 0.769. The lowest BCUT2D eigenvalue weighted by molar-refractivity contribution is 0.365. The zero-order chi connectivity index (χ0) is 13.0. The van der Waals surface area contributed by atoms with Gasteiger partial charge in [-0.1, -0.05) is 32.4 Å². The highest BCUT2D eigenvalue weighted by Crippen LogP contribution is 2.23. The summed E-state index contributed by atoms with van der Waals surface area (Å²) < 4.78 is 1.91. The fourth-order valence-corrected chi connectivity index (χ4v) is 2.60. The van der Waals surface area contributed by atoms with E-state index in [-0.39, 0.29) is 0 Å². The lowest BCUT2D eigenvalue weighted by atomic mass is 9.94. The highest BCUT2D eigenvalue weighted by atomic mass is 35.5. The second-order valence-electron chi connectivity index (χ2n) is 4.72. The van der Waals surface area contributed by atoms with Gasteiger partial charge in [-0.25, -0.2) is 0 Å². The molecule has 1 aromatic heterocycles. The number of halogens is 1. The number of hydrogen-bond acceptors (Lipinski definition) is 2. The maximum absolute atomic E-state index is 6.28. The van der Waals surface area contributed by atoms with E-state index in [2.05, 4.69) is 31.2 Å². The van der Waals surface area contributed by atoms with Crippen LogP contribution in [-0.2, 0) is 13.5 Å². The third-order valence-electron chi connectivity index (χ3n) is 3.37. The summed E-state index contributed by atoms with van der Waals surface area (Å²) >= 11 is 6.28. The van der Waals surface area contributed by atoms with E-state index in [0.717, 1.165) is 35.8 Å². The van der Waals surface area contributed by atoms with Crippen LogP contribution in [0.4, 0.5) is 0 Å². The number of nitrogens with one attached hydrogen (secondary N) is 1. The first-order chi connectivity index (χ1) is 8.01. The number of rotatable bonds is 6. The van der Waals surface area contributed by atoms with E-state index in [1.54, 1.807) is 0 Å². The summed E-state index contributed by atoms with van der Waals surface area (Å²) in [5.41, 5.74) is 2.07. The minimum absolute atomic E-state index is 0.547. The maximum Gasteiger partial charge on any atom is 0.0847 e. The third kappa shape index (κ3) is 3.46. The van der Waals surface area contributed by atoms with Gasteiger partial charge in [0.05, 0.1) is 16.4 Å². The van der Waals surface area contributed by atoms with Gasteiger partial charge in [-0.05, 0) is 32.2 Å². The summed E-state index contributed by atoms with van der Waals surface area (Å²) in [7, 11) is 1.97. The quantitative estimate of drug-likeness (QED) is 0.849. The molecule has 4 heteroatoms. The number of aryl methyl sites for hydroxylation is 2. The minimum Gasteiger partial charge on any atom is -0.314 e. The molecule has 0 saturated carbocycles. The first-order valence-electron chi connectivity index (χ1n) is 6.42. The molecule has 0 aliphatic carbocycles. The molecule has 0 radical (unpaired) electrons. The van der Waals surface area contributed by atoms with Gasteiger partial charge >= 0.3 is 0 Å². The molecule has 0 amide bonds. The number of hydrogen-bond donors (Lipinski definition) is 1. The summed E-state index contributed by atoms with van der Waals surface area (Å²) in [6.07, 6.45) is 2.12. The van der Waals surface area contributed by atoms with E-state index < -0.39 is 0 Å². The van der Waals surface area contributed by atoms with Crippen molar-refractivity contribution < 1.29 is 0 Å². The van der Waals surface area contributed by atoms with Crippen LogP contribution in [0.15, 0.2) is 0 Å². The van der Waals surface area contributed by atoms with Gasteiger partial charge in [-0.3, -0.25) is 4.68 Å². The van der Waals surface area contributed by atoms with E-state index in [4.69, 9.17) is 11.6 Å². The van der Waals surface area contributed by atoms with Gasteiger partial charge in [0.25, 0.3) is 0 Å². The lowest BCUT2D eigenvalue weighted by Gasteiger charge is -2.23. The largest absolute Gasteiger partial charge is 0.314 e. The molecular weight excluding hydrogens is 234 g/mol. The van der Waals surface area contributed by atoms with E-state index in [1.807, 2.05) is 18.7 Å². The molecule has 1 rings (SSSR count). The maximum atomic E-state index is 6.28. The Bertz CT molecular complexity index is 360. The monoisotopic (exact) mass is 257 g/mol. The lowest BCUT2D eigenvalue weighted by Crippen LogP contribution is -2.35. The highest BCUT2D eigenvalue weighted by Gasteiger charge is 2.19. The Hall–Kier alpha value is -0.540. The Morgan fingerprint density at radius 2 is 2.06 bits per heavy atom. The summed E-state index contributed by atoms with van der Waals surface area (Å²) in [5.74, 6) is 0.562. The van der Waals surface area contributed by atoms with Gasteiger partial charge < -0.3 is 5.32 Å². The van der Waals surface area contributed by atoms with Crippen LogP contribution < -0.4 is 5.32 Å². The zero-order valence-electron chi connectivity index (χ0n) is 11.5. The average Bonchev–Trinajstić information content (AvgIpc) is 2.52. The van der Waals surface area contributed by atoms with Crippen LogP contribution >= 0.6 is 11.6 Å². The normalized spacial score (nSPS) is 14.9. The minimum atomic E-state index is 0.547. The van der Waals surface area contributed by atoms with E-state index >= 15 is 0 Å². The first-order valence-corrected chi connectivity index (χ1v) is 6.80. The van der Waals surface area contributed by atoms with Crippen molar-refractivity contribution in [3.05, 3.63) is 16.4 Å². The molecule has 98 valence electrons. The summed E-state index contributed by atoms with van der Waals surface area (Å²) in [5, 5.41) is 8.71. The topological polar surface area (TPSA) is 29.9 Å². The van der Waals surface area contributed by atoms with Crippen molar-refractivity contribution in [3.63, 3.8) is 0 Å². The smallest absolute Gasteiger partial charge is 0.0847 e. The molecule has 2 unspecified atom stereocenters. The van der Waals surface area contributed by atoms with Crippen molar-refractivity contribution in [3.8, 4) is 0 Å². The molecule has 0 spiro atoms. The average molecular weight is 258 g/mol. The molecule has 2 atom stereocenters. The zero-order valence-corrected chi connectivity index (χ0v) is 12.3. The Morgan fingerprint density at radius 3 is 2.47 bits per heavy atom. The standard InChI is InChI=1S/C13H24ClN3/c1-6-11(15-7-2)9(3)8-12-13(14)10(4)16-17(12)5/h9,11,15H,6-8H2,1-5H3. The third-order valence-corrected chi connectivity index (χ3v) is 3.86. The highest BCUT2D eigenvalue weighted by molar-refractivity contribution is 6.31. The van der Waals surface area contributed by atoms with Crippen LogP contribution in [0.1, 0.15) is 38.6 Å². The molecule has 0 aromatic carbocycles. The number of aromatic nitrogens is 2. The van der Waals surface area contributed by atoms with Gasteiger partial charge in [0.1, 0.15) is 0 Å².